The van der Waals surface area contributed by atoms with Crippen molar-refractivity contribution in [2.45, 2.75) is 19.4 Å². The van der Waals surface area contributed by atoms with Gasteiger partial charge in [0.2, 0.25) is 0 Å². The predicted octanol–water partition coefficient (Wildman–Crippen LogP) is -0.144. The largest absolute Gasteiger partial charge is 0.335 e. The summed E-state index contributed by atoms with van der Waals surface area (Å²) in [5.74, 6) is 1.26. The van der Waals surface area contributed by atoms with Gasteiger partial charge in [-0.2, -0.15) is 0 Å². The molecule has 1 fully saturated rings. The lowest BCUT2D eigenvalue weighted by Crippen LogP contribution is -2.45. The van der Waals surface area contributed by atoms with Crippen molar-refractivity contribution >= 4 is 0 Å². The zero-order valence-electron chi connectivity index (χ0n) is 12.2. The van der Waals surface area contributed by atoms with Crippen LogP contribution in [0.15, 0.2) is 0 Å². The van der Waals surface area contributed by atoms with Crippen molar-refractivity contribution in [1.29, 1.82) is 0 Å². The van der Waals surface area contributed by atoms with Crippen molar-refractivity contribution in [3.05, 3.63) is 17.2 Å². The predicted molar refractivity (Wildman–Crippen MR) is 76.3 cm³/mol. The first-order valence-electron chi connectivity index (χ1n) is 7.39. The number of nitrogens with one attached hydrogen (secondary N) is 1. The van der Waals surface area contributed by atoms with Gasteiger partial charge in [0.05, 0.1) is 5.69 Å². The fourth-order valence-electron chi connectivity index (χ4n) is 3.07. The molecule has 5 heteroatoms. The molecule has 0 atom stereocenters. The molecular weight excluding hydrogens is 238 g/mol. The molecule has 1 N–H and O–H groups in total. The maximum Gasteiger partial charge on any atom is 0.110 e. The van der Waals surface area contributed by atoms with Gasteiger partial charge in [-0.25, -0.2) is 4.98 Å². The van der Waals surface area contributed by atoms with Gasteiger partial charge in [-0.05, 0) is 7.05 Å². The number of piperazine rings is 1. The van der Waals surface area contributed by atoms with E-state index in [2.05, 4.69) is 33.8 Å². The Morgan fingerprint density at radius 3 is 2.68 bits per heavy atom. The van der Waals surface area contributed by atoms with Crippen LogP contribution in [0, 0.1) is 0 Å². The third kappa shape index (κ3) is 2.83. The molecule has 2 aliphatic rings. The SMILES string of the molecule is CN1CCN(CCc2nc3c(n2C)CCNC3)CC1. The first kappa shape index (κ1) is 13.1. The average Bonchev–Trinajstić information content (AvgIpc) is 2.76. The van der Waals surface area contributed by atoms with Crippen LogP contribution in [0.5, 0.6) is 0 Å². The molecule has 0 aromatic carbocycles. The van der Waals surface area contributed by atoms with Crippen LogP contribution in [0.1, 0.15) is 17.2 Å². The lowest BCUT2D eigenvalue weighted by atomic mass is 10.2. The Morgan fingerprint density at radius 1 is 1.16 bits per heavy atom. The summed E-state index contributed by atoms with van der Waals surface area (Å²) in [4.78, 5) is 9.78. The normalized spacial score (nSPS) is 21.6. The highest BCUT2D eigenvalue weighted by atomic mass is 15.2. The monoisotopic (exact) mass is 263 g/mol. The molecular formula is C14H25N5. The zero-order valence-corrected chi connectivity index (χ0v) is 12.2. The molecule has 3 rings (SSSR count). The summed E-state index contributed by atoms with van der Waals surface area (Å²) < 4.78 is 2.33. The van der Waals surface area contributed by atoms with Crippen LogP contribution in [0.3, 0.4) is 0 Å². The van der Waals surface area contributed by atoms with Crippen molar-refractivity contribution in [2.24, 2.45) is 7.05 Å². The van der Waals surface area contributed by atoms with Gasteiger partial charge in [0.15, 0.2) is 0 Å². The minimum Gasteiger partial charge on any atom is -0.335 e. The highest BCUT2D eigenvalue weighted by Gasteiger charge is 2.19. The van der Waals surface area contributed by atoms with Gasteiger partial charge in [-0.1, -0.05) is 0 Å². The third-order valence-corrected chi connectivity index (χ3v) is 4.47. The van der Waals surface area contributed by atoms with Gasteiger partial charge in [0.1, 0.15) is 5.82 Å². The Hall–Kier alpha value is -0.910. The van der Waals surface area contributed by atoms with Crippen molar-refractivity contribution in [1.82, 2.24) is 24.7 Å². The number of aromatic nitrogens is 2. The average molecular weight is 263 g/mol. The molecule has 106 valence electrons. The number of imidazole rings is 1. The van der Waals surface area contributed by atoms with Gasteiger partial charge < -0.3 is 19.7 Å². The number of likely N-dealkylation sites (N-methyl/N-ethyl adjacent to an activating group) is 1. The second-order valence-corrected chi connectivity index (χ2v) is 5.80. The Labute approximate surface area is 115 Å². The van der Waals surface area contributed by atoms with Gasteiger partial charge >= 0.3 is 0 Å². The minimum atomic E-state index is 0.942. The first-order chi connectivity index (χ1) is 9.24. The second kappa shape index (κ2) is 5.61. The summed E-state index contributed by atoms with van der Waals surface area (Å²) in [6, 6.07) is 0. The minimum absolute atomic E-state index is 0.942. The standard InChI is InChI=1S/C14H25N5/c1-17-7-9-19(10-8-17)6-4-14-16-12-11-15-5-3-13(12)18(14)2/h15H,3-11H2,1-2H3. The lowest BCUT2D eigenvalue weighted by molar-refractivity contribution is 0.154. The molecule has 0 unspecified atom stereocenters. The van der Waals surface area contributed by atoms with Crippen molar-refractivity contribution in [2.75, 3.05) is 46.3 Å². The van der Waals surface area contributed by atoms with Crippen LogP contribution < -0.4 is 5.32 Å². The van der Waals surface area contributed by atoms with E-state index in [1.165, 1.54) is 43.4 Å². The van der Waals surface area contributed by atoms with E-state index in [1.54, 1.807) is 0 Å². The van der Waals surface area contributed by atoms with Gasteiger partial charge in [0, 0.05) is 71.4 Å². The Bertz CT molecular complexity index is 431. The van der Waals surface area contributed by atoms with E-state index in [0.29, 0.717) is 0 Å². The molecule has 0 bridgehead atoms. The van der Waals surface area contributed by atoms with Gasteiger partial charge in [-0.3, -0.25) is 0 Å². The topological polar surface area (TPSA) is 36.3 Å². The van der Waals surface area contributed by atoms with Crippen molar-refractivity contribution in [3.63, 3.8) is 0 Å². The summed E-state index contributed by atoms with van der Waals surface area (Å²) in [5, 5.41) is 3.40. The van der Waals surface area contributed by atoms with E-state index in [1.807, 2.05) is 0 Å². The molecule has 1 aromatic rings. The Balaban J connectivity index is 1.59. The molecule has 0 spiro atoms. The summed E-state index contributed by atoms with van der Waals surface area (Å²) in [7, 11) is 4.38. The molecule has 3 heterocycles. The molecule has 0 amide bonds. The number of rotatable bonds is 3. The molecule has 0 aliphatic carbocycles. The van der Waals surface area contributed by atoms with Crippen LogP contribution in [-0.4, -0.2) is 65.7 Å². The second-order valence-electron chi connectivity index (χ2n) is 5.80. The van der Waals surface area contributed by atoms with E-state index in [0.717, 1.165) is 32.5 Å². The summed E-state index contributed by atoms with van der Waals surface area (Å²) >= 11 is 0. The Kier molecular flexibility index (Phi) is 3.86. The highest BCUT2D eigenvalue weighted by Crippen LogP contribution is 2.15. The van der Waals surface area contributed by atoms with E-state index < -0.39 is 0 Å². The zero-order chi connectivity index (χ0) is 13.2. The summed E-state index contributed by atoms with van der Waals surface area (Å²) in [6.07, 6.45) is 2.19. The van der Waals surface area contributed by atoms with Crippen molar-refractivity contribution in [3.8, 4) is 0 Å². The van der Waals surface area contributed by atoms with E-state index in [-0.39, 0.29) is 0 Å². The van der Waals surface area contributed by atoms with E-state index in [4.69, 9.17) is 4.98 Å². The van der Waals surface area contributed by atoms with Crippen LogP contribution in [0.25, 0.3) is 0 Å². The maximum atomic E-state index is 4.81. The van der Waals surface area contributed by atoms with Gasteiger partial charge in [-0.15, -0.1) is 0 Å². The number of hydrogen-bond acceptors (Lipinski definition) is 4. The fourth-order valence-corrected chi connectivity index (χ4v) is 3.07. The molecule has 0 radical (unpaired) electrons. The number of hydrogen-bond donors (Lipinski definition) is 1. The van der Waals surface area contributed by atoms with Crippen LogP contribution in [-0.2, 0) is 26.4 Å². The summed E-state index contributed by atoms with van der Waals surface area (Å²) in [5.41, 5.74) is 2.70. The van der Waals surface area contributed by atoms with Crippen LogP contribution in [0.4, 0.5) is 0 Å². The molecule has 5 nitrogen and oxygen atoms in total. The highest BCUT2D eigenvalue weighted by molar-refractivity contribution is 5.20. The molecule has 1 aromatic heterocycles. The Morgan fingerprint density at radius 2 is 1.95 bits per heavy atom. The number of nitrogens with zero attached hydrogens (tertiary/aromatic N) is 4. The van der Waals surface area contributed by atoms with Crippen LogP contribution >= 0.6 is 0 Å². The third-order valence-electron chi connectivity index (χ3n) is 4.47. The quantitative estimate of drug-likeness (QED) is 0.823. The van der Waals surface area contributed by atoms with Gasteiger partial charge in [0.25, 0.3) is 0 Å². The molecule has 1 saturated heterocycles. The smallest absolute Gasteiger partial charge is 0.110 e. The lowest BCUT2D eigenvalue weighted by Gasteiger charge is -2.32. The molecule has 2 aliphatic heterocycles. The number of fused-ring (bicyclic) bond motifs is 1. The molecule has 0 saturated carbocycles. The summed E-state index contributed by atoms with van der Waals surface area (Å²) in [6.45, 7) is 7.96. The van der Waals surface area contributed by atoms with Crippen molar-refractivity contribution < 1.29 is 0 Å². The van der Waals surface area contributed by atoms with E-state index >= 15 is 0 Å². The first-order valence-corrected chi connectivity index (χ1v) is 7.39. The van der Waals surface area contributed by atoms with E-state index in [9.17, 15) is 0 Å². The maximum absolute atomic E-state index is 4.81. The molecule has 19 heavy (non-hydrogen) atoms. The fraction of sp³-hybridized carbons (Fsp3) is 0.786. The van der Waals surface area contributed by atoms with Crippen LogP contribution in [0.2, 0.25) is 0 Å².